The van der Waals surface area contributed by atoms with E-state index in [1.54, 1.807) is 6.20 Å². The highest BCUT2D eigenvalue weighted by atomic mass is 14.6. The van der Waals surface area contributed by atoms with E-state index in [4.69, 9.17) is 11.5 Å². The van der Waals surface area contributed by atoms with Gasteiger partial charge in [-0.25, -0.2) is 0 Å². The quantitative estimate of drug-likeness (QED) is 0.569. The molecule has 0 aromatic carbocycles. The molecule has 0 bridgehead atoms. The molecule has 2 nitrogen and oxygen atoms in total. The van der Waals surface area contributed by atoms with E-state index >= 15 is 0 Å². The maximum absolute atomic E-state index is 5.89. The Hall–Kier alpha value is -1.02. The van der Waals surface area contributed by atoms with E-state index in [1.165, 1.54) is 5.57 Å². The Morgan fingerprint density at radius 3 is 3.00 bits per heavy atom. The zero-order valence-corrected chi connectivity index (χ0v) is 7.46. The molecule has 1 rings (SSSR count). The summed E-state index contributed by atoms with van der Waals surface area (Å²) in [6.07, 6.45) is 9.73. The summed E-state index contributed by atoms with van der Waals surface area (Å²) < 4.78 is 0. The normalized spacial score (nSPS) is 35.0. The highest BCUT2D eigenvalue weighted by Crippen LogP contribution is 2.14. The lowest BCUT2D eigenvalue weighted by Crippen LogP contribution is -2.23. The molecular weight excluding hydrogens is 148 g/mol. The van der Waals surface area contributed by atoms with Gasteiger partial charge in [-0.2, -0.15) is 0 Å². The Morgan fingerprint density at radius 1 is 1.58 bits per heavy atom. The molecule has 2 heteroatoms. The molecule has 0 aliphatic heterocycles. The molecule has 1 atom stereocenters. The second-order valence-electron chi connectivity index (χ2n) is 3.18. The van der Waals surface area contributed by atoms with Crippen LogP contribution in [0, 0.1) is 0 Å². The summed E-state index contributed by atoms with van der Waals surface area (Å²) in [5, 5.41) is 0. The van der Waals surface area contributed by atoms with E-state index in [2.05, 4.69) is 13.0 Å². The van der Waals surface area contributed by atoms with Gasteiger partial charge in [0.1, 0.15) is 0 Å². The van der Waals surface area contributed by atoms with Crippen molar-refractivity contribution < 1.29 is 0 Å². The van der Waals surface area contributed by atoms with Gasteiger partial charge in [0, 0.05) is 6.04 Å². The van der Waals surface area contributed by atoms with Gasteiger partial charge >= 0.3 is 0 Å². The second kappa shape index (κ2) is 4.12. The monoisotopic (exact) mass is 164 g/mol. The van der Waals surface area contributed by atoms with Gasteiger partial charge in [-0.3, -0.25) is 0 Å². The van der Waals surface area contributed by atoms with Gasteiger partial charge in [0.15, 0.2) is 0 Å². The van der Waals surface area contributed by atoms with Crippen molar-refractivity contribution >= 4 is 0 Å². The first-order valence-electron chi connectivity index (χ1n) is 4.25. The smallest absolute Gasteiger partial charge is 0.0312 e. The first-order chi connectivity index (χ1) is 5.74. The van der Waals surface area contributed by atoms with Crippen LogP contribution in [0.1, 0.15) is 19.8 Å². The van der Waals surface area contributed by atoms with E-state index in [0.29, 0.717) is 0 Å². The number of rotatable bonds is 0. The molecule has 0 spiro atoms. The summed E-state index contributed by atoms with van der Waals surface area (Å²) in [5.41, 5.74) is 13.7. The first kappa shape index (κ1) is 9.07. The Kier molecular flexibility index (Phi) is 3.11. The minimum absolute atomic E-state index is 0.0925. The fraction of sp³-hybridized carbons (Fsp3) is 0.400. The van der Waals surface area contributed by atoms with Crippen molar-refractivity contribution in [2.75, 3.05) is 0 Å². The molecule has 0 aromatic heterocycles. The van der Waals surface area contributed by atoms with Gasteiger partial charge in [0.05, 0.1) is 0 Å². The molecule has 1 aliphatic rings. The molecule has 0 heterocycles. The van der Waals surface area contributed by atoms with Gasteiger partial charge in [-0.05, 0) is 31.5 Å². The molecule has 0 radical (unpaired) electrons. The van der Waals surface area contributed by atoms with Crippen molar-refractivity contribution in [3.05, 3.63) is 35.6 Å². The van der Waals surface area contributed by atoms with Crippen molar-refractivity contribution in [2.24, 2.45) is 11.5 Å². The predicted molar refractivity (Wildman–Crippen MR) is 52.4 cm³/mol. The first-order valence-corrected chi connectivity index (χ1v) is 4.25. The minimum atomic E-state index is 0.0925. The molecule has 12 heavy (non-hydrogen) atoms. The third-order valence-corrected chi connectivity index (χ3v) is 2.14. The molecular formula is C10H16N2. The molecule has 0 fully saturated rings. The van der Waals surface area contributed by atoms with Crippen LogP contribution in [0.4, 0.5) is 0 Å². The van der Waals surface area contributed by atoms with Crippen LogP contribution in [0.2, 0.25) is 0 Å². The lowest BCUT2D eigenvalue weighted by Gasteiger charge is -2.14. The average molecular weight is 164 g/mol. The predicted octanol–water partition coefficient (Wildman–Crippen LogP) is 1.45. The Labute approximate surface area is 73.6 Å². The second-order valence-corrected chi connectivity index (χ2v) is 3.18. The molecule has 0 saturated heterocycles. The van der Waals surface area contributed by atoms with E-state index in [1.807, 2.05) is 12.2 Å². The van der Waals surface area contributed by atoms with Gasteiger partial charge < -0.3 is 11.5 Å². The summed E-state index contributed by atoms with van der Waals surface area (Å²) in [7, 11) is 0. The van der Waals surface area contributed by atoms with Crippen molar-refractivity contribution in [1.29, 1.82) is 0 Å². The zero-order valence-electron chi connectivity index (χ0n) is 7.46. The van der Waals surface area contributed by atoms with Crippen LogP contribution >= 0.6 is 0 Å². The molecule has 1 aliphatic carbocycles. The van der Waals surface area contributed by atoms with Crippen LogP contribution in [0.25, 0.3) is 0 Å². The number of nitrogens with two attached hydrogens (primary N) is 2. The average Bonchev–Trinajstić information content (AvgIpc) is 2.06. The summed E-state index contributed by atoms with van der Waals surface area (Å²) in [4.78, 5) is 0. The topological polar surface area (TPSA) is 52.0 Å². The summed E-state index contributed by atoms with van der Waals surface area (Å²) in [6, 6.07) is 0.0925. The molecule has 0 amide bonds. The van der Waals surface area contributed by atoms with Crippen molar-refractivity contribution in [1.82, 2.24) is 0 Å². The summed E-state index contributed by atoms with van der Waals surface area (Å²) in [5.74, 6) is 0. The zero-order chi connectivity index (χ0) is 8.97. The van der Waals surface area contributed by atoms with E-state index in [-0.39, 0.29) is 6.04 Å². The molecule has 0 saturated carbocycles. The molecule has 1 unspecified atom stereocenters. The minimum Gasteiger partial charge on any atom is -0.404 e. The maximum atomic E-state index is 5.89. The van der Waals surface area contributed by atoms with Gasteiger partial charge in [-0.15, -0.1) is 0 Å². The molecule has 66 valence electrons. The van der Waals surface area contributed by atoms with Crippen molar-refractivity contribution in [3.8, 4) is 0 Å². The van der Waals surface area contributed by atoms with E-state index < -0.39 is 0 Å². The largest absolute Gasteiger partial charge is 0.404 e. The standard InChI is InChI=1S/C10H16N2/c1-8-3-2-4-9(7-11)10(12)6-5-8/h2-4,7,10H,5-6,11-12H2,1H3/b4-2-,8-3-,9-7-. The van der Waals surface area contributed by atoms with Crippen LogP contribution in [0.5, 0.6) is 0 Å². The molecule has 0 aromatic rings. The van der Waals surface area contributed by atoms with Crippen molar-refractivity contribution in [3.63, 3.8) is 0 Å². The number of hydrogen-bond donors (Lipinski definition) is 2. The van der Waals surface area contributed by atoms with Crippen LogP contribution in [-0.2, 0) is 0 Å². The SMILES string of the molecule is C/C1=C/C=C\C(=C\N)C(N)CC1. The van der Waals surface area contributed by atoms with E-state index in [9.17, 15) is 0 Å². The highest BCUT2D eigenvalue weighted by molar-refractivity contribution is 5.29. The third kappa shape index (κ3) is 2.24. The number of allylic oxidation sites excluding steroid dienone is 3. The highest BCUT2D eigenvalue weighted by Gasteiger charge is 2.07. The van der Waals surface area contributed by atoms with Crippen LogP contribution in [0.3, 0.4) is 0 Å². The summed E-state index contributed by atoms with van der Waals surface area (Å²) in [6.45, 7) is 2.12. The van der Waals surface area contributed by atoms with Crippen LogP contribution in [0.15, 0.2) is 35.6 Å². The lowest BCUT2D eigenvalue weighted by molar-refractivity contribution is 0.691. The molecule has 4 N–H and O–H groups in total. The van der Waals surface area contributed by atoms with Gasteiger partial charge in [-0.1, -0.05) is 23.8 Å². The van der Waals surface area contributed by atoms with Crippen LogP contribution < -0.4 is 11.5 Å². The van der Waals surface area contributed by atoms with E-state index in [0.717, 1.165) is 18.4 Å². The van der Waals surface area contributed by atoms with Crippen LogP contribution in [-0.4, -0.2) is 6.04 Å². The van der Waals surface area contributed by atoms with Gasteiger partial charge in [0.25, 0.3) is 0 Å². The third-order valence-electron chi connectivity index (χ3n) is 2.14. The Balaban J connectivity index is 2.80. The fourth-order valence-corrected chi connectivity index (χ4v) is 1.26. The fourth-order valence-electron chi connectivity index (χ4n) is 1.26. The van der Waals surface area contributed by atoms with Crippen molar-refractivity contribution in [2.45, 2.75) is 25.8 Å². The maximum Gasteiger partial charge on any atom is 0.0312 e. The Morgan fingerprint density at radius 2 is 2.33 bits per heavy atom. The Bertz CT molecular complexity index is 236. The summed E-state index contributed by atoms with van der Waals surface area (Å²) >= 11 is 0. The lowest BCUT2D eigenvalue weighted by atomic mass is 9.98. The number of hydrogen-bond acceptors (Lipinski definition) is 2. The van der Waals surface area contributed by atoms with Gasteiger partial charge in [0.2, 0.25) is 0 Å².